The molecule has 0 bridgehead atoms. The van der Waals surface area contributed by atoms with Gasteiger partial charge in [0.2, 0.25) is 0 Å². The van der Waals surface area contributed by atoms with Gasteiger partial charge in [-0.3, -0.25) is 15.4 Å². The summed E-state index contributed by atoms with van der Waals surface area (Å²) in [6.45, 7) is 0. The molecule has 0 fully saturated rings. The first kappa shape index (κ1) is 14.9. The molecule has 2 aromatic rings. The number of nitro groups is 1. The average Bonchev–Trinajstić information content (AvgIpc) is 2.48. The second-order valence-corrected chi connectivity index (χ2v) is 4.40. The van der Waals surface area contributed by atoms with E-state index in [1.54, 1.807) is 12.1 Å². The van der Waals surface area contributed by atoms with E-state index < -0.39 is 11.0 Å². The number of ether oxygens (including phenoxy) is 1. The van der Waals surface area contributed by atoms with Gasteiger partial charge in [-0.15, -0.1) is 0 Å². The Labute approximate surface area is 126 Å². The maximum atomic E-state index is 11.8. The summed E-state index contributed by atoms with van der Waals surface area (Å²) < 4.78 is 5.19. The fraction of sp³-hybridized carbons (Fsp3) is 0.0714. The van der Waals surface area contributed by atoms with Crippen LogP contribution in [0.25, 0.3) is 0 Å². The number of carbonyl (C=O) groups excluding carboxylic acids is 1. The van der Waals surface area contributed by atoms with Gasteiger partial charge in [0, 0.05) is 29.1 Å². The van der Waals surface area contributed by atoms with Crippen molar-refractivity contribution < 1.29 is 14.5 Å². The molecule has 108 valence electrons. The summed E-state index contributed by atoms with van der Waals surface area (Å²) in [6.07, 6.45) is -0.668. The van der Waals surface area contributed by atoms with E-state index in [0.717, 1.165) is 5.56 Å². The highest BCUT2D eigenvalue weighted by molar-refractivity contribution is 7.79. The van der Waals surface area contributed by atoms with Gasteiger partial charge in [-0.2, -0.15) is 12.6 Å². The zero-order valence-electron chi connectivity index (χ0n) is 10.9. The molecule has 0 aliphatic rings. The van der Waals surface area contributed by atoms with E-state index in [4.69, 9.17) is 4.74 Å². The molecule has 0 atom stereocenters. The van der Waals surface area contributed by atoms with Gasteiger partial charge in [0.05, 0.1) is 4.92 Å². The van der Waals surface area contributed by atoms with Crippen LogP contribution in [0.3, 0.4) is 0 Å². The first-order valence-corrected chi connectivity index (χ1v) is 6.65. The molecule has 0 spiro atoms. The van der Waals surface area contributed by atoms with Crippen LogP contribution in [-0.4, -0.2) is 11.0 Å². The quantitative estimate of drug-likeness (QED) is 0.513. The normalized spacial score (nSPS) is 9.95. The molecular weight excluding hydrogens is 292 g/mol. The van der Waals surface area contributed by atoms with Gasteiger partial charge in [0.1, 0.15) is 5.75 Å². The van der Waals surface area contributed by atoms with E-state index in [1.807, 2.05) is 12.1 Å². The highest BCUT2D eigenvalue weighted by atomic mass is 32.1. The van der Waals surface area contributed by atoms with Gasteiger partial charge >= 0.3 is 6.09 Å². The molecule has 7 heteroatoms. The van der Waals surface area contributed by atoms with Crippen LogP contribution in [-0.2, 0) is 5.75 Å². The number of non-ortho nitro benzene ring substituents is 1. The number of anilines is 1. The number of carbonyl (C=O) groups is 1. The van der Waals surface area contributed by atoms with Crippen molar-refractivity contribution in [3.8, 4) is 5.75 Å². The first-order valence-electron chi connectivity index (χ1n) is 6.02. The molecule has 0 heterocycles. The zero-order chi connectivity index (χ0) is 15.2. The van der Waals surface area contributed by atoms with E-state index in [0.29, 0.717) is 17.2 Å². The zero-order valence-corrected chi connectivity index (χ0v) is 11.7. The van der Waals surface area contributed by atoms with Gasteiger partial charge in [-0.1, -0.05) is 18.2 Å². The third-order valence-electron chi connectivity index (χ3n) is 2.67. The minimum absolute atomic E-state index is 0.0469. The highest BCUT2D eigenvalue weighted by Crippen LogP contribution is 2.21. The van der Waals surface area contributed by atoms with Crippen molar-refractivity contribution in [2.24, 2.45) is 0 Å². The van der Waals surface area contributed by atoms with Gasteiger partial charge in [-0.05, 0) is 18.2 Å². The Hall–Kier alpha value is -2.54. The van der Waals surface area contributed by atoms with E-state index in [-0.39, 0.29) is 5.69 Å². The number of para-hydroxylation sites is 1. The number of hydrogen-bond donors (Lipinski definition) is 2. The Balaban J connectivity index is 2.03. The smallest absolute Gasteiger partial charge is 0.410 e. The lowest BCUT2D eigenvalue weighted by atomic mass is 10.2. The number of nitrogens with zero attached hydrogens (tertiary/aromatic N) is 1. The Morgan fingerprint density at radius 3 is 2.48 bits per heavy atom. The summed E-state index contributed by atoms with van der Waals surface area (Å²) >= 11 is 4.16. The van der Waals surface area contributed by atoms with Crippen LogP contribution < -0.4 is 10.1 Å². The predicted molar refractivity (Wildman–Crippen MR) is 81.9 cm³/mol. The summed E-state index contributed by atoms with van der Waals surface area (Å²) in [4.78, 5) is 21.8. The van der Waals surface area contributed by atoms with Crippen LogP contribution in [0, 0.1) is 10.1 Å². The Morgan fingerprint density at radius 1 is 1.19 bits per heavy atom. The lowest BCUT2D eigenvalue weighted by Crippen LogP contribution is -2.17. The molecule has 1 amide bonds. The fourth-order valence-electron chi connectivity index (χ4n) is 1.64. The lowest BCUT2D eigenvalue weighted by Gasteiger charge is -2.09. The second kappa shape index (κ2) is 6.76. The minimum atomic E-state index is -0.668. The number of benzene rings is 2. The summed E-state index contributed by atoms with van der Waals surface area (Å²) in [6, 6.07) is 12.5. The van der Waals surface area contributed by atoms with E-state index in [9.17, 15) is 14.9 Å². The standard InChI is InChI=1S/C14H12N2O4S/c17-14(20-13-4-2-1-3-10(13)9-21)15-11-5-7-12(8-6-11)16(18)19/h1-8,21H,9H2,(H,15,17). The molecule has 0 saturated heterocycles. The monoisotopic (exact) mass is 304 g/mol. The maximum Gasteiger partial charge on any atom is 0.417 e. The molecule has 2 rings (SSSR count). The molecule has 0 unspecified atom stereocenters. The predicted octanol–water partition coefficient (Wildman–Crippen LogP) is 3.64. The number of nitrogens with one attached hydrogen (secondary N) is 1. The van der Waals surface area contributed by atoms with Crippen molar-refractivity contribution in [2.45, 2.75) is 5.75 Å². The lowest BCUT2D eigenvalue weighted by molar-refractivity contribution is -0.384. The number of rotatable bonds is 4. The van der Waals surface area contributed by atoms with Crippen LogP contribution in [0.4, 0.5) is 16.2 Å². The van der Waals surface area contributed by atoms with Crippen molar-refractivity contribution in [1.29, 1.82) is 0 Å². The van der Waals surface area contributed by atoms with Crippen molar-refractivity contribution in [3.05, 3.63) is 64.2 Å². The summed E-state index contributed by atoms with van der Waals surface area (Å²) in [5, 5.41) is 13.0. The Morgan fingerprint density at radius 2 is 1.86 bits per heavy atom. The molecule has 6 nitrogen and oxygen atoms in total. The van der Waals surface area contributed by atoms with E-state index in [2.05, 4.69) is 17.9 Å². The minimum Gasteiger partial charge on any atom is -0.410 e. The number of hydrogen-bond acceptors (Lipinski definition) is 5. The first-order chi connectivity index (χ1) is 10.1. The maximum absolute atomic E-state index is 11.8. The SMILES string of the molecule is O=C(Nc1ccc([N+](=O)[O-])cc1)Oc1ccccc1CS. The fourth-order valence-corrected chi connectivity index (χ4v) is 1.90. The van der Waals surface area contributed by atoms with Gasteiger partial charge in [-0.25, -0.2) is 4.79 Å². The number of amides is 1. The molecule has 2 aromatic carbocycles. The van der Waals surface area contributed by atoms with Gasteiger partial charge in [0.15, 0.2) is 0 Å². The van der Waals surface area contributed by atoms with Crippen molar-refractivity contribution in [1.82, 2.24) is 0 Å². The molecule has 0 saturated carbocycles. The van der Waals surface area contributed by atoms with Crippen molar-refractivity contribution in [3.63, 3.8) is 0 Å². The van der Waals surface area contributed by atoms with Crippen LogP contribution in [0.15, 0.2) is 48.5 Å². The van der Waals surface area contributed by atoms with E-state index >= 15 is 0 Å². The average molecular weight is 304 g/mol. The Bertz CT molecular complexity index is 658. The van der Waals surface area contributed by atoms with Crippen LogP contribution in [0.2, 0.25) is 0 Å². The molecule has 0 aromatic heterocycles. The summed E-state index contributed by atoms with van der Waals surface area (Å²) in [5.74, 6) is 0.868. The van der Waals surface area contributed by atoms with Crippen LogP contribution >= 0.6 is 12.6 Å². The molecule has 21 heavy (non-hydrogen) atoms. The van der Waals surface area contributed by atoms with Gasteiger partial charge < -0.3 is 4.74 Å². The highest BCUT2D eigenvalue weighted by Gasteiger charge is 2.09. The number of nitro benzene ring substituents is 1. The van der Waals surface area contributed by atoms with E-state index in [1.165, 1.54) is 24.3 Å². The molecule has 0 aliphatic carbocycles. The van der Waals surface area contributed by atoms with Crippen LogP contribution in [0.5, 0.6) is 5.75 Å². The molecule has 0 aliphatic heterocycles. The van der Waals surface area contributed by atoms with Crippen molar-refractivity contribution >= 4 is 30.1 Å². The molecular formula is C14H12N2O4S. The topological polar surface area (TPSA) is 81.5 Å². The number of thiol groups is 1. The van der Waals surface area contributed by atoms with Crippen molar-refractivity contribution in [2.75, 3.05) is 5.32 Å². The summed E-state index contributed by atoms with van der Waals surface area (Å²) in [7, 11) is 0. The van der Waals surface area contributed by atoms with Gasteiger partial charge in [0.25, 0.3) is 5.69 Å². The summed E-state index contributed by atoms with van der Waals surface area (Å²) in [5.41, 5.74) is 1.16. The second-order valence-electron chi connectivity index (χ2n) is 4.08. The molecule has 1 N–H and O–H groups in total. The van der Waals surface area contributed by atoms with Crippen LogP contribution in [0.1, 0.15) is 5.56 Å². The Kier molecular flexibility index (Phi) is 4.78. The largest absolute Gasteiger partial charge is 0.417 e. The third-order valence-corrected chi connectivity index (χ3v) is 3.01. The molecule has 0 radical (unpaired) electrons. The third kappa shape index (κ3) is 3.96.